The Hall–Kier alpha value is -0.610. The molecular formula is C13H24N2O2. The van der Waals surface area contributed by atoms with Gasteiger partial charge >= 0.3 is 5.97 Å². The second-order valence-corrected chi connectivity index (χ2v) is 5.42. The number of nitrogens with zero attached hydrogens (tertiary/aromatic N) is 1. The van der Waals surface area contributed by atoms with E-state index in [0.29, 0.717) is 12.1 Å². The van der Waals surface area contributed by atoms with Crippen LogP contribution in [0.25, 0.3) is 0 Å². The summed E-state index contributed by atoms with van der Waals surface area (Å²) in [5.74, 6) is -0.816. The molecule has 2 N–H and O–H groups in total. The van der Waals surface area contributed by atoms with Crippen LogP contribution >= 0.6 is 0 Å². The van der Waals surface area contributed by atoms with Crippen molar-refractivity contribution in [3.8, 4) is 0 Å². The summed E-state index contributed by atoms with van der Waals surface area (Å²) < 4.78 is 0. The number of likely N-dealkylation sites (N-methyl/N-ethyl adjacent to an activating group) is 1. The van der Waals surface area contributed by atoms with Gasteiger partial charge in [0.05, 0.1) is 5.92 Å². The summed E-state index contributed by atoms with van der Waals surface area (Å²) in [7, 11) is 0. The third kappa shape index (κ3) is 3.19. The van der Waals surface area contributed by atoms with Crippen molar-refractivity contribution in [1.82, 2.24) is 10.2 Å². The lowest BCUT2D eigenvalue weighted by Gasteiger charge is -2.39. The molecule has 1 saturated heterocycles. The van der Waals surface area contributed by atoms with Gasteiger partial charge in [0, 0.05) is 25.2 Å². The minimum absolute atomic E-state index is 0.187. The molecule has 2 fully saturated rings. The summed E-state index contributed by atoms with van der Waals surface area (Å²) in [6.45, 7) is 4.80. The number of hydrogen-bond acceptors (Lipinski definition) is 3. The molecule has 0 aromatic rings. The quantitative estimate of drug-likeness (QED) is 0.778. The zero-order valence-corrected chi connectivity index (χ0v) is 10.7. The largest absolute Gasteiger partial charge is 0.481 e. The lowest BCUT2D eigenvalue weighted by molar-refractivity contribution is -0.144. The zero-order chi connectivity index (χ0) is 12.3. The van der Waals surface area contributed by atoms with E-state index in [1.54, 1.807) is 0 Å². The van der Waals surface area contributed by atoms with Crippen molar-refractivity contribution < 1.29 is 9.90 Å². The van der Waals surface area contributed by atoms with Crippen LogP contribution in [-0.4, -0.2) is 47.7 Å². The normalized spacial score (nSPS) is 31.8. The van der Waals surface area contributed by atoms with E-state index in [-0.39, 0.29) is 5.92 Å². The zero-order valence-electron chi connectivity index (χ0n) is 10.7. The molecule has 1 saturated carbocycles. The first-order chi connectivity index (χ1) is 8.20. The van der Waals surface area contributed by atoms with Crippen LogP contribution in [0, 0.1) is 5.92 Å². The number of hydrogen-bond donors (Lipinski definition) is 2. The third-order valence-electron chi connectivity index (χ3n) is 4.16. The van der Waals surface area contributed by atoms with Gasteiger partial charge in [-0.2, -0.15) is 0 Å². The Kier molecular flexibility index (Phi) is 4.40. The first-order valence-corrected chi connectivity index (χ1v) is 6.91. The Bertz CT molecular complexity index is 264. The van der Waals surface area contributed by atoms with Gasteiger partial charge in [-0.1, -0.05) is 19.8 Å². The second-order valence-electron chi connectivity index (χ2n) is 5.42. The van der Waals surface area contributed by atoms with Gasteiger partial charge in [-0.15, -0.1) is 0 Å². The molecule has 2 rings (SSSR count). The molecule has 4 nitrogen and oxygen atoms in total. The van der Waals surface area contributed by atoms with Crippen molar-refractivity contribution in [2.75, 3.05) is 19.6 Å². The second kappa shape index (κ2) is 5.83. The lowest BCUT2D eigenvalue weighted by Crippen LogP contribution is -2.53. The maximum atomic E-state index is 11.2. The standard InChI is InChI=1S/C13H24N2O2/c1-2-14-11-7-10(13(16)17)8-15(9-11)12-5-3-4-6-12/h10-12,14H,2-9H2,1H3,(H,16,17). The molecule has 0 aromatic carbocycles. The van der Waals surface area contributed by atoms with E-state index >= 15 is 0 Å². The van der Waals surface area contributed by atoms with E-state index in [1.165, 1.54) is 25.7 Å². The molecule has 4 heteroatoms. The molecule has 17 heavy (non-hydrogen) atoms. The average molecular weight is 240 g/mol. The average Bonchev–Trinajstić information content (AvgIpc) is 2.82. The smallest absolute Gasteiger partial charge is 0.307 e. The van der Waals surface area contributed by atoms with Crippen molar-refractivity contribution in [1.29, 1.82) is 0 Å². The Morgan fingerprint density at radius 2 is 2.06 bits per heavy atom. The number of aliphatic carboxylic acids is 1. The SMILES string of the molecule is CCNC1CC(C(=O)O)CN(C2CCCC2)C1. The fourth-order valence-corrected chi connectivity index (χ4v) is 3.32. The molecule has 0 spiro atoms. The number of carboxylic acid groups (broad SMARTS) is 1. The van der Waals surface area contributed by atoms with E-state index in [4.69, 9.17) is 0 Å². The molecule has 2 aliphatic rings. The molecule has 2 unspecified atom stereocenters. The Morgan fingerprint density at radius 3 is 2.65 bits per heavy atom. The number of likely N-dealkylation sites (tertiary alicyclic amines) is 1. The van der Waals surface area contributed by atoms with Crippen molar-refractivity contribution in [3.05, 3.63) is 0 Å². The summed E-state index contributed by atoms with van der Waals surface area (Å²) in [5, 5.41) is 12.6. The van der Waals surface area contributed by atoms with Gasteiger partial charge in [0.15, 0.2) is 0 Å². The van der Waals surface area contributed by atoms with E-state index < -0.39 is 5.97 Å². The lowest BCUT2D eigenvalue weighted by atomic mass is 9.92. The van der Waals surface area contributed by atoms with Crippen LogP contribution in [0.3, 0.4) is 0 Å². The van der Waals surface area contributed by atoms with Crippen molar-refractivity contribution in [2.45, 2.75) is 51.1 Å². The summed E-state index contributed by atoms with van der Waals surface area (Å²) in [4.78, 5) is 13.6. The number of carboxylic acids is 1. The van der Waals surface area contributed by atoms with Crippen LogP contribution in [0.2, 0.25) is 0 Å². The summed E-state index contributed by atoms with van der Waals surface area (Å²) in [5.41, 5.74) is 0. The number of carbonyl (C=O) groups is 1. The molecule has 1 aliphatic carbocycles. The van der Waals surface area contributed by atoms with Crippen LogP contribution < -0.4 is 5.32 Å². The van der Waals surface area contributed by atoms with Crippen LogP contribution in [0.4, 0.5) is 0 Å². The highest BCUT2D eigenvalue weighted by molar-refractivity contribution is 5.70. The van der Waals surface area contributed by atoms with Gasteiger partial charge in [0.1, 0.15) is 0 Å². The number of rotatable bonds is 4. The minimum Gasteiger partial charge on any atom is -0.481 e. The van der Waals surface area contributed by atoms with Gasteiger partial charge in [0.25, 0.3) is 0 Å². The maximum absolute atomic E-state index is 11.2. The molecular weight excluding hydrogens is 216 g/mol. The van der Waals surface area contributed by atoms with E-state index in [2.05, 4.69) is 17.1 Å². The molecule has 1 heterocycles. The maximum Gasteiger partial charge on any atom is 0.307 e. The van der Waals surface area contributed by atoms with Crippen LogP contribution in [0.5, 0.6) is 0 Å². The molecule has 2 atom stereocenters. The Morgan fingerprint density at radius 1 is 1.35 bits per heavy atom. The van der Waals surface area contributed by atoms with E-state index in [0.717, 1.165) is 26.1 Å². The molecule has 0 radical (unpaired) electrons. The molecule has 98 valence electrons. The van der Waals surface area contributed by atoms with Crippen LogP contribution in [-0.2, 0) is 4.79 Å². The molecule has 0 aromatic heterocycles. The highest BCUT2D eigenvalue weighted by atomic mass is 16.4. The highest BCUT2D eigenvalue weighted by Crippen LogP contribution is 2.28. The minimum atomic E-state index is -0.629. The van der Waals surface area contributed by atoms with Gasteiger partial charge in [-0.05, 0) is 25.8 Å². The first-order valence-electron chi connectivity index (χ1n) is 6.91. The van der Waals surface area contributed by atoms with E-state index in [1.807, 2.05) is 0 Å². The predicted molar refractivity (Wildman–Crippen MR) is 67.0 cm³/mol. The van der Waals surface area contributed by atoms with Gasteiger partial charge in [-0.25, -0.2) is 0 Å². The van der Waals surface area contributed by atoms with Crippen molar-refractivity contribution >= 4 is 5.97 Å². The number of nitrogens with one attached hydrogen (secondary N) is 1. The summed E-state index contributed by atoms with van der Waals surface area (Å²) >= 11 is 0. The Balaban J connectivity index is 1.97. The molecule has 0 bridgehead atoms. The van der Waals surface area contributed by atoms with Crippen LogP contribution in [0.15, 0.2) is 0 Å². The van der Waals surface area contributed by atoms with Gasteiger partial charge in [-0.3, -0.25) is 9.69 Å². The third-order valence-corrected chi connectivity index (χ3v) is 4.16. The molecule has 0 amide bonds. The Labute approximate surface area is 103 Å². The van der Waals surface area contributed by atoms with Gasteiger partial charge in [0.2, 0.25) is 0 Å². The number of piperidine rings is 1. The molecule has 1 aliphatic heterocycles. The fourth-order valence-electron chi connectivity index (χ4n) is 3.32. The first kappa shape index (κ1) is 12.8. The summed E-state index contributed by atoms with van der Waals surface area (Å²) in [6, 6.07) is 0.994. The van der Waals surface area contributed by atoms with Crippen molar-refractivity contribution in [3.63, 3.8) is 0 Å². The predicted octanol–water partition coefficient (Wildman–Crippen LogP) is 1.31. The van der Waals surface area contributed by atoms with Crippen LogP contribution in [0.1, 0.15) is 39.0 Å². The fraction of sp³-hybridized carbons (Fsp3) is 0.923. The van der Waals surface area contributed by atoms with E-state index in [9.17, 15) is 9.90 Å². The summed E-state index contributed by atoms with van der Waals surface area (Å²) in [6.07, 6.45) is 5.91. The van der Waals surface area contributed by atoms with Gasteiger partial charge < -0.3 is 10.4 Å². The topological polar surface area (TPSA) is 52.6 Å². The monoisotopic (exact) mass is 240 g/mol. The van der Waals surface area contributed by atoms with Crippen molar-refractivity contribution in [2.24, 2.45) is 5.92 Å². The highest BCUT2D eigenvalue weighted by Gasteiger charge is 2.35.